The first-order valence-corrected chi connectivity index (χ1v) is 4.76. The minimum atomic E-state index is -0.548. The van der Waals surface area contributed by atoms with Gasteiger partial charge in [0.05, 0.1) is 12.7 Å². The summed E-state index contributed by atoms with van der Waals surface area (Å²) in [6.45, 7) is 11.6. The van der Waals surface area contributed by atoms with E-state index >= 15 is 0 Å². The third-order valence-electron chi connectivity index (χ3n) is 2.14. The van der Waals surface area contributed by atoms with Crippen LogP contribution in [0.25, 0.3) is 0 Å². The molecule has 1 heterocycles. The van der Waals surface area contributed by atoms with Crippen molar-refractivity contribution < 1.29 is 9.47 Å². The molecule has 77 valence electrons. The summed E-state index contributed by atoms with van der Waals surface area (Å²) in [4.78, 5) is 0. The van der Waals surface area contributed by atoms with Gasteiger partial charge >= 0.3 is 0 Å². The van der Waals surface area contributed by atoms with Crippen molar-refractivity contribution in [3.05, 3.63) is 44.4 Å². The summed E-state index contributed by atoms with van der Waals surface area (Å²) in [5.41, 5.74) is 0. The van der Waals surface area contributed by atoms with E-state index in [1.54, 1.807) is 18.2 Å². The number of ether oxygens (including phenoxy) is 2. The van der Waals surface area contributed by atoms with Crippen molar-refractivity contribution in [3.63, 3.8) is 0 Å². The SMILES string of the molecule is C=C[CH]C1COC(CC=C)(CC=C)O1. The van der Waals surface area contributed by atoms with Crippen LogP contribution in [0, 0.1) is 6.42 Å². The number of hydrogen-bond acceptors (Lipinski definition) is 2. The van der Waals surface area contributed by atoms with Crippen molar-refractivity contribution in [1.82, 2.24) is 0 Å². The molecule has 1 unspecified atom stereocenters. The van der Waals surface area contributed by atoms with Crippen LogP contribution in [-0.2, 0) is 9.47 Å². The second kappa shape index (κ2) is 5.13. The highest BCUT2D eigenvalue weighted by molar-refractivity contribution is 4.99. The zero-order chi connectivity index (χ0) is 10.4. The Bertz CT molecular complexity index is 210. The van der Waals surface area contributed by atoms with Crippen LogP contribution in [0.4, 0.5) is 0 Å². The average Bonchev–Trinajstić information content (AvgIpc) is 2.51. The van der Waals surface area contributed by atoms with Crippen molar-refractivity contribution in [2.75, 3.05) is 6.61 Å². The summed E-state index contributed by atoms with van der Waals surface area (Å²) in [6, 6.07) is 0. The molecule has 0 amide bonds. The topological polar surface area (TPSA) is 18.5 Å². The Morgan fingerprint density at radius 1 is 1.21 bits per heavy atom. The van der Waals surface area contributed by atoms with Crippen molar-refractivity contribution in [2.24, 2.45) is 0 Å². The molecule has 1 aliphatic heterocycles. The van der Waals surface area contributed by atoms with E-state index in [4.69, 9.17) is 9.47 Å². The van der Waals surface area contributed by atoms with E-state index in [-0.39, 0.29) is 6.10 Å². The lowest BCUT2D eigenvalue weighted by Gasteiger charge is -2.25. The van der Waals surface area contributed by atoms with Gasteiger partial charge in [-0.25, -0.2) is 0 Å². The highest BCUT2D eigenvalue weighted by Crippen LogP contribution is 2.32. The smallest absolute Gasteiger partial charge is 0.175 e. The molecule has 1 radical (unpaired) electrons. The fraction of sp³-hybridized carbons (Fsp3) is 0.417. The molecule has 1 aliphatic rings. The maximum absolute atomic E-state index is 5.78. The van der Waals surface area contributed by atoms with Gasteiger partial charge in [0.1, 0.15) is 0 Å². The summed E-state index contributed by atoms with van der Waals surface area (Å²) in [5, 5.41) is 0. The molecule has 0 bridgehead atoms. The number of rotatable bonds is 6. The third-order valence-corrected chi connectivity index (χ3v) is 2.14. The van der Waals surface area contributed by atoms with Gasteiger partial charge in [0, 0.05) is 19.3 Å². The van der Waals surface area contributed by atoms with Crippen LogP contribution in [-0.4, -0.2) is 18.5 Å². The summed E-state index contributed by atoms with van der Waals surface area (Å²) < 4.78 is 11.4. The fourth-order valence-electron chi connectivity index (χ4n) is 1.56. The Labute approximate surface area is 85.9 Å². The second-order valence-electron chi connectivity index (χ2n) is 3.29. The van der Waals surface area contributed by atoms with Gasteiger partial charge in [0.2, 0.25) is 0 Å². The monoisotopic (exact) mass is 193 g/mol. The van der Waals surface area contributed by atoms with Crippen molar-refractivity contribution in [1.29, 1.82) is 0 Å². The standard InChI is InChI=1S/C12H17O2/c1-4-7-11-10-13-12(14-11,8-5-2)9-6-3/h4-7,11H,1-3,8-10H2. The van der Waals surface area contributed by atoms with E-state index in [1.807, 2.05) is 6.42 Å². The molecule has 0 aliphatic carbocycles. The molecule has 0 N–H and O–H groups in total. The first kappa shape index (κ1) is 11.2. The molecule has 0 spiro atoms. The molecule has 0 aromatic carbocycles. The highest BCUT2D eigenvalue weighted by atomic mass is 16.7. The molecule has 2 heteroatoms. The Morgan fingerprint density at radius 3 is 2.36 bits per heavy atom. The van der Waals surface area contributed by atoms with Crippen LogP contribution >= 0.6 is 0 Å². The van der Waals surface area contributed by atoms with E-state index in [0.717, 1.165) is 0 Å². The van der Waals surface area contributed by atoms with Crippen LogP contribution in [0.1, 0.15) is 12.8 Å². The lowest BCUT2D eigenvalue weighted by Crippen LogP contribution is -2.29. The first-order valence-electron chi connectivity index (χ1n) is 4.76. The molecule has 2 nitrogen and oxygen atoms in total. The fourth-order valence-corrected chi connectivity index (χ4v) is 1.56. The third kappa shape index (κ3) is 2.56. The Kier molecular flexibility index (Phi) is 4.11. The van der Waals surface area contributed by atoms with Crippen LogP contribution in [0.2, 0.25) is 0 Å². The minimum Gasteiger partial charge on any atom is -0.347 e. The molecule has 0 aromatic rings. The zero-order valence-electron chi connectivity index (χ0n) is 8.45. The summed E-state index contributed by atoms with van der Waals surface area (Å²) in [6.07, 6.45) is 8.60. The van der Waals surface area contributed by atoms with E-state index in [0.29, 0.717) is 19.4 Å². The van der Waals surface area contributed by atoms with E-state index in [1.165, 1.54) is 0 Å². The van der Waals surface area contributed by atoms with Gasteiger partial charge in [-0.15, -0.1) is 19.7 Å². The maximum atomic E-state index is 5.78. The van der Waals surface area contributed by atoms with Gasteiger partial charge in [-0.05, 0) is 0 Å². The predicted molar refractivity (Wildman–Crippen MR) is 57.7 cm³/mol. The van der Waals surface area contributed by atoms with Crippen molar-refractivity contribution >= 4 is 0 Å². The van der Waals surface area contributed by atoms with Gasteiger partial charge in [0.15, 0.2) is 5.79 Å². The molecule has 1 fully saturated rings. The van der Waals surface area contributed by atoms with Gasteiger partial charge in [0.25, 0.3) is 0 Å². The van der Waals surface area contributed by atoms with Gasteiger partial charge in [-0.1, -0.05) is 18.2 Å². The van der Waals surface area contributed by atoms with Gasteiger partial charge in [-0.3, -0.25) is 0 Å². The molecule has 1 rings (SSSR count). The first-order chi connectivity index (χ1) is 6.76. The largest absolute Gasteiger partial charge is 0.347 e. The van der Waals surface area contributed by atoms with Crippen molar-refractivity contribution in [3.8, 4) is 0 Å². The average molecular weight is 193 g/mol. The molecule has 0 saturated carbocycles. The quantitative estimate of drug-likeness (QED) is 0.604. The predicted octanol–water partition coefficient (Wildman–Crippen LogP) is 2.64. The molecule has 1 saturated heterocycles. The van der Waals surface area contributed by atoms with Crippen LogP contribution < -0.4 is 0 Å². The zero-order valence-corrected chi connectivity index (χ0v) is 8.45. The van der Waals surface area contributed by atoms with Crippen LogP contribution in [0.3, 0.4) is 0 Å². The van der Waals surface area contributed by atoms with E-state index < -0.39 is 5.79 Å². The molecule has 0 aromatic heterocycles. The Morgan fingerprint density at radius 2 is 1.86 bits per heavy atom. The molecular weight excluding hydrogens is 176 g/mol. The van der Waals surface area contributed by atoms with Gasteiger partial charge in [-0.2, -0.15) is 0 Å². The lowest BCUT2D eigenvalue weighted by molar-refractivity contribution is -0.159. The van der Waals surface area contributed by atoms with E-state index in [2.05, 4.69) is 19.7 Å². The van der Waals surface area contributed by atoms with Crippen molar-refractivity contribution in [2.45, 2.75) is 24.7 Å². The second-order valence-corrected chi connectivity index (χ2v) is 3.29. The van der Waals surface area contributed by atoms with Crippen LogP contribution in [0.5, 0.6) is 0 Å². The summed E-state index contributed by atoms with van der Waals surface area (Å²) in [5.74, 6) is -0.548. The normalized spacial score (nSPS) is 24.4. The Balaban J connectivity index is 2.57. The highest BCUT2D eigenvalue weighted by Gasteiger charge is 2.38. The summed E-state index contributed by atoms with van der Waals surface area (Å²) in [7, 11) is 0. The van der Waals surface area contributed by atoms with E-state index in [9.17, 15) is 0 Å². The Hall–Kier alpha value is -0.860. The lowest BCUT2D eigenvalue weighted by atomic mass is 10.1. The molecule has 14 heavy (non-hydrogen) atoms. The summed E-state index contributed by atoms with van der Waals surface area (Å²) >= 11 is 0. The van der Waals surface area contributed by atoms with Crippen LogP contribution in [0.15, 0.2) is 38.0 Å². The number of hydrogen-bond donors (Lipinski definition) is 0. The molecular formula is C12H17O2. The minimum absolute atomic E-state index is 0.00685. The molecule has 1 atom stereocenters. The maximum Gasteiger partial charge on any atom is 0.175 e. The van der Waals surface area contributed by atoms with Gasteiger partial charge < -0.3 is 9.47 Å².